The molecule has 1 aliphatic heterocycles. The smallest absolute Gasteiger partial charge is 0.222 e. The second-order valence-electron chi connectivity index (χ2n) is 5.06. The molecule has 5 nitrogen and oxygen atoms in total. The number of nitrogen functional groups attached to an aromatic ring is 1. The largest absolute Gasteiger partial charge is 0.398 e. The van der Waals surface area contributed by atoms with E-state index in [1.165, 1.54) is 0 Å². The number of carbonyl (C=O) groups excluding carboxylic acids is 1. The van der Waals surface area contributed by atoms with Gasteiger partial charge in [0.2, 0.25) is 5.91 Å². The van der Waals surface area contributed by atoms with Gasteiger partial charge >= 0.3 is 0 Å². The molecule has 1 heterocycles. The number of amides is 1. The van der Waals surface area contributed by atoms with Crippen molar-refractivity contribution in [1.82, 2.24) is 0 Å². The summed E-state index contributed by atoms with van der Waals surface area (Å²) in [6.07, 6.45) is 1.74. The van der Waals surface area contributed by atoms with Gasteiger partial charge in [-0.3, -0.25) is 4.79 Å². The van der Waals surface area contributed by atoms with Gasteiger partial charge in [0.25, 0.3) is 0 Å². The fourth-order valence-corrected chi connectivity index (χ4v) is 2.52. The minimum atomic E-state index is -0.257. The zero-order valence-electron chi connectivity index (χ0n) is 11.0. The number of rotatable bonds is 2. The lowest BCUT2D eigenvalue weighted by Gasteiger charge is -2.38. The normalized spacial score (nSPS) is 22.8. The van der Waals surface area contributed by atoms with E-state index in [4.69, 9.17) is 16.7 Å². The fraction of sp³-hybridized carbons (Fsp3) is 0.429. The zero-order valence-corrected chi connectivity index (χ0v) is 11.0. The molecule has 0 aromatic heterocycles. The highest BCUT2D eigenvalue weighted by Crippen LogP contribution is 2.29. The van der Waals surface area contributed by atoms with Gasteiger partial charge in [0, 0.05) is 24.0 Å². The Balaban J connectivity index is 2.29. The van der Waals surface area contributed by atoms with E-state index in [1.54, 1.807) is 12.1 Å². The van der Waals surface area contributed by atoms with Crippen molar-refractivity contribution in [3.8, 4) is 6.07 Å². The minimum absolute atomic E-state index is 0.126. The molecular weight excluding hydrogens is 240 g/mol. The molecule has 1 aromatic rings. The number of carbonyl (C=O) groups is 1. The van der Waals surface area contributed by atoms with Gasteiger partial charge in [-0.15, -0.1) is 0 Å². The van der Waals surface area contributed by atoms with E-state index >= 15 is 0 Å². The highest BCUT2D eigenvalue weighted by molar-refractivity contribution is 5.78. The van der Waals surface area contributed by atoms with Crippen molar-refractivity contribution in [3.63, 3.8) is 0 Å². The van der Waals surface area contributed by atoms with E-state index < -0.39 is 0 Å². The molecular formula is C14H18N4O. The molecule has 1 saturated heterocycles. The minimum Gasteiger partial charge on any atom is -0.398 e. The summed E-state index contributed by atoms with van der Waals surface area (Å²) in [7, 11) is 0. The maximum absolute atomic E-state index is 11.3. The molecule has 4 N–H and O–H groups in total. The Hall–Kier alpha value is -2.22. The van der Waals surface area contributed by atoms with Crippen LogP contribution in [0.25, 0.3) is 0 Å². The van der Waals surface area contributed by atoms with Gasteiger partial charge in [0.05, 0.1) is 11.5 Å². The summed E-state index contributed by atoms with van der Waals surface area (Å²) in [5.41, 5.74) is 13.0. The summed E-state index contributed by atoms with van der Waals surface area (Å²) in [4.78, 5) is 13.5. The lowest BCUT2D eigenvalue weighted by Crippen LogP contribution is -2.45. The number of nitriles is 1. The highest BCUT2D eigenvalue weighted by Gasteiger charge is 2.28. The maximum Gasteiger partial charge on any atom is 0.222 e. The van der Waals surface area contributed by atoms with Crippen molar-refractivity contribution < 1.29 is 4.79 Å². The van der Waals surface area contributed by atoms with E-state index in [9.17, 15) is 4.79 Å². The number of nitrogens with two attached hydrogens (primary N) is 2. The highest BCUT2D eigenvalue weighted by atomic mass is 16.1. The van der Waals surface area contributed by atoms with Crippen LogP contribution < -0.4 is 16.4 Å². The summed E-state index contributed by atoms with van der Waals surface area (Å²) in [5.74, 6) is -0.382. The molecule has 2 atom stereocenters. The number of piperidine rings is 1. The Bertz CT molecular complexity index is 535. The number of nitrogens with zero attached hydrogens (tertiary/aromatic N) is 2. The van der Waals surface area contributed by atoms with Gasteiger partial charge in [-0.25, -0.2) is 0 Å². The molecule has 1 aromatic carbocycles. The lowest BCUT2D eigenvalue weighted by atomic mass is 9.92. The Morgan fingerprint density at radius 3 is 2.84 bits per heavy atom. The summed E-state index contributed by atoms with van der Waals surface area (Å²) in [5, 5.41) is 9.02. The Labute approximate surface area is 112 Å². The standard InChI is InChI=1S/C14H18N4O/c1-9-2-3-10(14(17)19)8-18(9)12-4-5-13(16)11(6-12)7-15/h4-6,9-10H,2-3,8,16H2,1H3,(H2,17,19). The number of hydrogen-bond acceptors (Lipinski definition) is 4. The SMILES string of the molecule is CC1CCC(C(N)=O)CN1c1ccc(N)c(C#N)c1. The molecule has 1 aliphatic rings. The summed E-state index contributed by atoms with van der Waals surface area (Å²) < 4.78 is 0. The van der Waals surface area contributed by atoms with Crippen LogP contribution in [-0.2, 0) is 4.79 Å². The van der Waals surface area contributed by atoms with Crippen molar-refractivity contribution in [3.05, 3.63) is 23.8 Å². The van der Waals surface area contributed by atoms with Gasteiger partial charge in [-0.05, 0) is 38.0 Å². The summed E-state index contributed by atoms with van der Waals surface area (Å²) in [6.45, 7) is 2.71. The zero-order chi connectivity index (χ0) is 14.0. The van der Waals surface area contributed by atoms with Crippen molar-refractivity contribution in [1.29, 1.82) is 5.26 Å². The number of benzene rings is 1. The monoisotopic (exact) mass is 258 g/mol. The van der Waals surface area contributed by atoms with E-state index in [-0.39, 0.29) is 11.8 Å². The van der Waals surface area contributed by atoms with Gasteiger partial charge in [-0.1, -0.05) is 0 Å². The first-order valence-corrected chi connectivity index (χ1v) is 6.38. The van der Waals surface area contributed by atoms with Crippen LogP contribution >= 0.6 is 0 Å². The van der Waals surface area contributed by atoms with Gasteiger partial charge < -0.3 is 16.4 Å². The van der Waals surface area contributed by atoms with E-state index in [0.29, 0.717) is 23.8 Å². The molecule has 0 aliphatic carbocycles. The molecule has 0 bridgehead atoms. The van der Waals surface area contributed by atoms with Crippen LogP contribution in [0.3, 0.4) is 0 Å². The molecule has 19 heavy (non-hydrogen) atoms. The summed E-state index contributed by atoms with van der Waals surface area (Å²) >= 11 is 0. The second kappa shape index (κ2) is 5.19. The Kier molecular flexibility index (Phi) is 3.61. The third kappa shape index (κ3) is 2.63. The average molecular weight is 258 g/mol. The van der Waals surface area contributed by atoms with Crippen LogP contribution in [0.15, 0.2) is 18.2 Å². The first-order valence-electron chi connectivity index (χ1n) is 6.38. The van der Waals surface area contributed by atoms with Crippen LogP contribution in [0.2, 0.25) is 0 Å². The van der Waals surface area contributed by atoms with Crippen molar-refractivity contribution >= 4 is 17.3 Å². The number of primary amides is 1. The predicted molar refractivity (Wildman–Crippen MR) is 74.3 cm³/mol. The van der Waals surface area contributed by atoms with Crippen molar-refractivity contribution in [2.45, 2.75) is 25.8 Å². The third-order valence-corrected chi connectivity index (χ3v) is 3.77. The maximum atomic E-state index is 11.3. The lowest BCUT2D eigenvalue weighted by molar-refractivity contribution is -0.122. The molecule has 2 unspecified atom stereocenters. The van der Waals surface area contributed by atoms with Crippen LogP contribution in [0.5, 0.6) is 0 Å². The van der Waals surface area contributed by atoms with Gasteiger partial charge in [0.15, 0.2) is 0 Å². The molecule has 1 amide bonds. The van der Waals surface area contributed by atoms with E-state index in [0.717, 1.165) is 18.5 Å². The van der Waals surface area contributed by atoms with Gasteiger partial charge in [-0.2, -0.15) is 5.26 Å². The van der Waals surface area contributed by atoms with Gasteiger partial charge in [0.1, 0.15) is 6.07 Å². The van der Waals surface area contributed by atoms with E-state index in [2.05, 4.69) is 17.9 Å². The number of anilines is 2. The quantitative estimate of drug-likeness (QED) is 0.780. The molecule has 2 rings (SSSR count). The molecule has 0 spiro atoms. The predicted octanol–water partition coefficient (Wildman–Crippen LogP) is 1.23. The third-order valence-electron chi connectivity index (χ3n) is 3.77. The summed E-state index contributed by atoms with van der Waals surface area (Å²) in [6, 6.07) is 7.79. The molecule has 5 heteroatoms. The van der Waals surface area contributed by atoms with E-state index in [1.807, 2.05) is 6.07 Å². The molecule has 1 fully saturated rings. The van der Waals surface area contributed by atoms with Crippen LogP contribution in [0.4, 0.5) is 11.4 Å². The van der Waals surface area contributed by atoms with Crippen LogP contribution in [-0.4, -0.2) is 18.5 Å². The molecule has 0 radical (unpaired) electrons. The second-order valence-corrected chi connectivity index (χ2v) is 5.06. The molecule has 100 valence electrons. The fourth-order valence-electron chi connectivity index (χ4n) is 2.52. The van der Waals surface area contributed by atoms with Crippen LogP contribution in [0.1, 0.15) is 25.3 Å². The number of hydrogen-bond donors (Lipinski definition) is 2. The van der Waals surface area contributed by atoms with Crippen molar-refractivity contribution in [2.24, 2.45) is 11.7 Å². The first kappa shape index (κ1) is 13.2. The van der Waals surface area contributed by atoms with Crippen molar-refractivity contribution in [2.75, 3.05) is 17.2 Å². The topological polar surface area (TPSA) is 96.1 Å². The first-order chi connectivity index (χ1) is 9.02. The molecule has 0 saturated carbocycles. The Morgan fingerprint density at radius 1 is 1.47 bits per heavy atom. The Morgan fingerprint density at radius 2 is 2.21 bits per heavy atom. The van der Waals surface area contributed by atoms with Crippen LogP contribution in [0, 0.1) is 17.2 Å². The average Bonchev–Trinajstić information content (AvgIpc) is 2.40.